The van der Waals surface area contributed by atoms with Crippen molar-refractivity contribution in [3.05, 3.63) is 66.1 Å². The molecule has 0 aliphatic carbocycles. The summed E-state index contributed by atoms with van der Waals surface area (Å²) >= 11 is 1.65. The van der Waals surface area contributed by atoms with Crippen molar-refractivity contribution < 1.29 is 9.32 Å². The van der Waals surface area contributed by atoms with Gasteiger partial charge in [-0.3, -0.25) is 4.79 Å². The summed E-state index contributed by atoms with van der Waals surface area (Å²) in [6.45, 7) is 0. The van der Waals surface area contributed by atoms with E-state index in [9.17, 15) is 4.79 Å². The minimum Gasteiger partial charge on any atom is -0.363 e. The van der Waals surface area contributed by atoms with Crippen molar-refractivity contribution in [2.45, 2.75) is 9.79 Å². The standard InChI is InChI=1S/C16H9N2O2S/c19-16(10-8-17-20-9-10)11-4-3-7-14-15(11)18-12-5-1-2-6-13(12)21-14/h1-7,9,18H. The van der Waals surface area contributed by atoms with E-state index in [0.29, 0.717) is 11.1 Å². The predicted octanol–water partition coefficient (Wildman–Crippen LogP) is 3.91. The van der Waals surface area contributed by atoms with Gasteiger partial charge in [-0.2, -0.15) is 0 Å². The number of ketones is 1. The molecule has 0 unspecified atom stereocenters. The number of hydrogen-bond acceptors (Lipinski definition) is 5. The largest absolute Gasteiger partial charge is 0.363 e. The van der Waals surface area contributed by atoms with Gasteiger partial charge in [0.2, 0.25) is 5.78 Å². The molecule has 21 heavy (non-hydrogen) atoms. The second-order valence-corrected chi connectivity index (χ2v) is 5.65. The maximum Gasteiger partial charge on any atom is 0.200 e. The van der Waals surface area contributed by atoms with E-state index in [1.165, 1.54) is 6.26 Å². The lowest BCUT2D eigenvalue weighted by molar-refractivity contribution is 0.103. The van der Waals surface area contributed by atoms with Crippen molar-refractivity contribution in [2.75, 3.05) is 5.32 Å². The second-order valence-electron chi connectivity index (χ2n) is 4.57. The molecule has 1 aromatic heterocycles. The van der Waals surface area contributed by atoms with Gasteiger partial charge in [0.25, 0.3) is 0 Å². The lowest BCUT2D eigenvalue weighted by Gasteiger charge is -2.22. The number of aromatic nitrogens is 1. The smallest absolute Gasteiger partial charge is 0.200 e. The molecule has 0 atom stereocenters. The number of fused-ring (bicyclic) bond motifs is 2. The first-order valence-electron chi connectivity index (χ1n) is 6.36. The molecule has 0 saturated heterocycles. The third-order valence-corrected chi connectivity index (χ3v) is 4.41. The van der Waals surface area contributed by atoms with Gasteiger partial charge in [0.05, 0.1) is 16.9 Å². The molecule has 4 rings (SSSR count). The average Bonchev–Trinajstić information content (AvgIpc) is 3.06. The molecule has 2 heterocycles. The molecule has 4 nitrogen and oxygen atoms in total. The quantitative estimate of drug-likeness (QED) is 0.568. The van der Waals surface area contributed by atoms with E-state index < -0.39 is 0 Å². The Balaban J connectivity index is 1.81. The zero-order chi connectivity index (χ0) is 14.2. The lowest BCUT2D eigenvalue weighted by Crippen LogP contribution is -2.08. The van der Waals surface area contributed by atoms with Crippen LogP contribution in [0.25, 0.3) is 0 Å². The van der Waals surface area contributed by atoms with Gasteiger partial charge in [-0.1, -0.05) is 35.1 Å². The molecule has 0 spiro atoms. The molecule has 2 aromatic carbocycles. The van der Waals surface area contributed by atoms with E-state index in [1.807, 2.05) is 30.3 Å². The molecule has 5 heteroatoms. The van der Waals surface area contributed by atoms with E-state index in [4.69, 9.17) is 4.52 Å². The number of benzene rings is 2. The Morgan fingerprint density at radius 2 is 2.00 bits per heavy atom. The van der Waals surface area contributed by atoms with E-state index in [-0.39, 0.29) is 5.78 Å². The minimum absolute atomic E-state index is 0.152. The van der Waals surface area contributed by atoms with E-state index >= 15 is 0 Å². The summed E-state index contributed by atoms with van der Waals surface area (Å²) in [4.78, 5) is 14.7. The fourth-order valence-electron chi connectivity index (χ4n) is 2.28. The summed E-state index contributed by atoms with van der Waals surface area (Å²) in [5.41, 5.74) is 2.74. The van der Waals surface area contributed by atoms with Crippen LogP contribution in [-0.4, -0.2) is 10.9 Å². The monoisotopic (exact) mass is 293 g/mol. The van der Waals surface area contributed by atoms with E-state index in [2.05, 4.69) is 22.7 Å². The van der Waals surface area contributed by atoms with Gasteiger partial charge in [-0.25, -0.2) is 0 Å². The first-order chi connectivity index (χ1) is 10.3. The molecule has 0 saturated carbocycles. The van der Waals surface area contributed by atoms with Gasteiger partial charge in [0, 0.05) is 15.4 Å². The zero-order valence-electron chi connectivity index (χ0n) is 10.8. The van der Waals surface area contributed by atoms with Crippen LogP contribution in [-0.2, 0) is 0 Å². The van der Waals surface area contributed by atoms with E-state index in [0.717, 1.165) is 21.2 Å². The molecule has 0 amide bonds. The van der Waals surface area contributed by atoms with Crippen molar-refractivity contribution in [3.63, 3.8) is 0 Å². The van der Waals surface area contributed by atoms with E-state index in [1.54, 1.807) is 17.8 Å². The number of nitrogens with zero attached hydrogens (tertiary/aromatic N) is 1. The molecule has 0 fully saturated rings. The zero-order valence-corrected chi connectivity index (χ0v) is 11.6. The first kappa shape index (κ1) is 12.2. The Morgan fingerprint density at radius 1 is 1.14 bits per heavy atom. The number of nitrogens with one attached hydrogen (secondary N) is 1. The molecule has 101 valence electrons. The molecule has 0 bridgehead atoms. The molecule has 1 aliphatic rings. The fourth-order valence-corrected chi connectivity index (χ4v) is 3.30. The van der Waals surface area contributed by atoms with Crippen LogP contribution in [0.5, 0.6) is 0 Å². The van der Waals surface area contributed by atoms with Crippen LogP contribution in [0, 0.1) is 6.20 Å². The first-order valence-corrected chi connectivity index (χ1v) is 7.18. The van der Waals surface area contributed by atoms with Crippen molar-refractivity contribution in [3.8, 4) is 0 Å². The normalized spacial score (nSPS) is 12.2. The maximum atomic E-state index is 12.5. The van der Waals surface area contributed by atoms with Crippen LogP contribution in [0.1, 0.15) is 15.9 Å². The van der Waals surface area contributed by atoms with Crippen LogP contribution < -0.4 is 5.32 Å². The summed E-state index contributed by atoms with van der Waals surface area (Å²) in [5.74, 6) is -0.152. The van der Waals surface area contributed by atoms with Gasteiger partial charge >= 0.3 is 0 Å². The summed E-state index contributed by atoms with van der Waals surface area (Å²) in [6, 6.07) is 13.7. The van der Waals surface area contributed by atoms with Crippen molar-refractivity contribution >= 4 is 28.9 Å². The highest BCUT2D eigenvalue weighted by atomic mass is 32.2. The Bertz CT molecular complexity index is 828. The van der Waals surface area contributed by atoms with Gasteiger partial charge in [-0.15, -0.1) is 0 Å². The summed E-state index contributed by atoms with van der Waals surface area (Å²) < 4.78 is 4.71. The number of anilines is 2. The molecule has 1 N–H and O–H groups in total. The number of para-hydroxylation sites is 2. The Kier molecular flexibility index (Phi) is 2.79. The van der Waals surface area contributed by atoms with Gasteiger partial charge in [0.1, 0.15) is 12.5 Å². The van der Waals surface area contributed by atoms with Crippen LogP contribution in [0.2, 0.25) is 0 Å². The average molecular weight is 293 g/mol. The SMILES string of the molecule is O=C(c1[c]noc1)c1cccc2c1Nc1ccccc1S2. The highest BCUT2D eigenvalue weighted by Crippen LogP contribution is 2.45. The fraction of sp³-hybridized carbons (Fsp3) is 0. The summed E-state index contributed by atoms with van der Waals surface area (Å²) in [5, 5.41) is 6.82. The third-order valence-electron chi connectivity index (χ3n) is 3.27. The van der Waals surface area contributed by atoms with Gasteiger partial charge in [-0.05, 0) is 24.3 Å². The lowest BCUT2D eigenvalue weighted by atomic mass is 10.0. The van der Waals surface area contributed by atoms with Crippen LogP contribution in [0.3, 0.4) is 0 Å². The second kappa shape index (κ2) is 4.79. The molecular formula is C16H9N2O2S. The Morgan fingerprint density at radius 3 is 2.86 bits per heavy atom. The van der Waals surface area contributed by atoms with Gasteiger partial charge < -0.3 is 9.84 Å². The number of hydrogen-bond donors (Lipinski definition) is 1. The minimum atomic E-state index is -0.152. The highest BCUT2D eigenvalue weighted by Gasteiger charge is 2.22. The van der Waals surface area contributed by atoms with Crippen molar-refractivity contribution in [1.82, 2.24) is 5.16 Å². The van der Waals surface area contributed by atoms with Crippen molar-refractivity contribution in [1.29, 1.82) is 0 Å². The summed E-state index contributed by atoms with van der Waals surface area (Å²) in [6.07, 6.45) is 3.87. The molecule has 1 radical (unpaired) electrons. The Hall–Kier alpha value is -2.53. The molecule has 1 aliphatic heterocycles. The predicted molar refractivity (Wildman–Crippen MR) is 79.1 cm³/mol. The van der Waals surface area contributed by atoms with Crippen LogP contribution in [0.15, 0.2) is 63.0 Å². The summed E-state index contributed by atoms with van der Waals surface area (Å²) in [7, 11) is 0. The van der Waals surface area contributed by atoms with Crippen LogP contribution in [0.4, 0.5) is 11.4 Å². The highest BCUT2D eigenvalue weighted by molar-refractivity contribution is 7.99. The molecule has 3 aromatic rings. The van der Waals surface area contributed by atoms with Gasteiger partial charge in [0.15, 0.2) is 0 Å². The Labute approximate surface area is 125 Å². The number of carbonyl (C=O) groups is 1. The third kappa shape index (κ3) is 2.02. The number of carbonyl (C=O) groups excluding carboxylic acids is 1. The topological polar surface area (TPSA) is 55.1 Å². The van der Waals surface area contributed by atoms with Crippen molar-refractivity contribution in [2.24, 2.45) is 0 Å². The number of rotatable bonds is 2. The maximum absolute atomic E-state index is 12.5. The van der Waals surface area contributed by atoms with Crippen LogP contribution >= 0.6 is 11.8 Å². The molecular weight excluding hydrogens is 284 g/mol.